The number of carbonyl (C=O) groups excluding carboxylic acids is 9. The molecule has 0 aliphatic carbocycles. The maximum atomic E-state index is 14.9. The van der Waals surface area contributed by atoms with Gasteiger partial charge in [-0.1, -0.05) is 55.0 Å². The van der Waals surface area contributed by atoms with Gasteiger partial charge in [-0.15, -0.1) is 0 Å². The number of imidazole rings is 1. The number of amides is 6. The smallest absolute Gasteiger partial charge is 0.243 e. The number of nitrogens with zero attached hydrogens (tertiary/aromatic N) is 3. The first kappa shape index (κ1) is 59.4. The molecule has 0 spiro atoms. The first-order valence-electron chi connectivity index (χ1n) is 25.9. The van der Waals surface area contributed by atoms with E-state index in [4.69, 9.17) is 28.7 Å². The number of rotatable bonds is 18. The Morgan fingerprint density at radius 3 is 2.09 bits per heavy atom. The summed E-state index contributed by atoms with van der Waals surface area (Å²) in [6, 6.07) is 9.93. The number of Topliss-reactive ketones (excluding diaryl/α,β-unsaturated/α-hetero) is 3. The Hall–Kier alpha value is -8.44. The Morgan fingerprint density at radius 1 is 0.714 bits per heavy atom. The molecule has 4 aromatic rings. The zero-order valence-electron chi connectivity index (χ0n) is 43.4. The molecule has 5 rings (SSSR count). The van der Waals surface area contributed by atoms with Gasteiger partial charge < -0.3 is 65.2 Å². The number of hydrogen-bond acceptors (Lipinski definition) is 12. The van der Waals surface area contributed by atoms with Crippen molar-refractivity contribution in [3.05, 3.63) is 90.1 Å². The normalized spacial score (nSPS) is 21.2. The van der Waals surface area contributed by atoms with Gasteiger partial charge in [-0.3, -0.25) is 53.1 Å². The predicted octanol–water partition coefficient (Wildman–Crippen LogP) is 0.0294. The fourth-order valence-electron chi connectivity index (χ4n) is 9.24. The van der Waals surface area contributed by atoms with Crippen LogP contribution in [0.25, 0.3) is 10.9 Å². The van der Waals surface area contributed by atoms with Crippen LogP contribution in [0.5, 0.6) is 0 Å². The van der Waals surface area contributed by atoms with E-state index in [0.29, 0.717) is 16.8 Å². The molecule has 17 N–H and O–H groups in total. The Bertz CT molecular complexity index is 2720. The van der Waals surface area contributed by atoms with Crippen molar-refractivity contribution in [2.45, 2.75) is 133 Å². The number of hydrogen-bond donors (Lipinski definition) is 12. The lowest BCUT2D eigenvalue weighted by atomic mass is 9.83. The van der Waals surface area contributed by atoms with Crippen LogP contribution in [0.4, 0.5) is 0 Å². The summed E-state index contributed by atoms with van der Waals surface area (Å²) in [6.07, 6.45) is 4.53. The highest BCUT2D eigenvalue weighted by Gasteiger charge is 2.35. The molecule has 0 unspecified atom stereocenters. The topological polar surface area (TPSA) is 413 Å². The van der Waals surface area contributed by atoms with E-state index in [0.717, 1.165) is 10.9 Å². The lowest BCUT2D eigenvalue weighted by molar-refractivity contribution is -0.135. The third-order valence-electron chi connectivity index (χ3n) is 13.3. The number of guanidine groups is 2. The van der Waals surface area contributed by atoms with Crippen molar-refractivity contribution >= 4 is 75.6 Å². The van der Waals surface area contributed by atoms with Crippen molar-refractivity contribution in [1.82, 2.24) is 41.5 Å². The van der Waals surface area contributed by atoms with Crippen LogP contribution in [-0.4, -0.2) is 123 Å². The Labute approximate surface area is 446 Å². The van der Waals surface area contributed by atoms with Crippen LogP contribution in [0.15, 0.2) is 83.3 Å². The number of carbonyl (C=O) groups is 9. The molecular formula is C53H73N15O9. The number of fused-ring (bicyclic) bond motifs is 1. The SMILES string of the molecule is CC(=O)N[C@@H](CCCN=C(N)N)C(=O)N[C@H]1CCCCC(=O)CC[C@@H](C(N)=O)NC(=O)[C@H](Cc2c[nH]c3ccccc23)CC(=O)[C@H](CCCN=C(N)N)CC(=O)[C@@H](Cc2ccccc2)NC(=O)[C@H](Cc2cnc[nH]2)NC1=O. The van der Waals surface area contributed by atoms with Crippen molar-refractivity contribution in [2.24, 2.45) is 50.5 Å². The molecule has 1 saturated heterocycles. The first-order chi connectivity index (χ1) is 36.9. The molecule has 2 aromatic carbocycles. The van der Waals surface area contributed by atoms with E-state index in [1.165, 1.54) is 19.4 Å². The number of primary amides is 1. The van der Waals surface area contributed by atoms with E-state index in [9.17, 15) is 43.2 Å². The second kappa shape index (κ2) is 30.2. The number of aromatic nitrogens is 3. The molecule has 24 heteroatoms. The maximum Gasteiger partial charge on any atom is 0.243 e. The van der Waals surface area contributed by atoms with Crippen molar-refractivity contribution in [3.63, 3.8) is 0 Å². The molecule has 0 radical (unpaired) electrons. The summed E-state index contributed by atoms with van der Waals surface area (Å²) in [5.74, 6) is -8.05. The number of ketones is 3. The van der Waals surface area contributed by atoms with Gasteiger partial charge in [-0.2, -0.15) is 0 Å². The number of nitrogens with two attached hydrogens (primary N) is 5. The lowest BCUT2D eigenvalue weighted by Crippen LogP contribution is -2.58. The highest BCUT2D eigenvalue weighted by atomic mass is 16.2. The third-order valence-corrected chi connectivity index (χ3v) is 13.3. The molecule has 6 amide bonds. The van der Waals surface area contributed by atoms with E-state index in [-0.39, 0.29) is 127 Å². The molecule has 414 valence electrons. The molecule has 1 fully saturated rings. The maximum absolute atomic E-state index is 14.9. The summed E-state index contributed by atoms with van der Waals surface area (Å²) < 4.78 is 0. The summed E-state index contributed by atoms with van der Waals surface area (Å²) in [4.78, 5) is 144. The summed E-state index contributed by atoms with van der Waals surface area (Å²) in [7, 11) is 0. The number of benzene rings is 2. The predicted molar refractivity (Wildman–Crippen MR) is 288 cm³/mol. The second-order valence-electron chi connectivity index (χ2n) is 19.4. The van der Waals surface area contributed by atoms with Crippen molar-refractivity contribution in [3.8, 4) is 0 Å². The largest absolute Gasteiger partial charge is 0.370 e. The van der Waals surface area contributed by atoms with Gasteiger partial charge in [0.15, 0.2) is 17.7 Å². The molecule has 3 heterocycles. The molecule has 1 aliphatic heterocycles. The van der Waals surface area contributed by atoms with Crippen LogP contribution in [-0.2, 0) is 62.4 Å². The molecule has 7 atom stereocenters. The third kappa shape index (κ3) is 20.0. The average Bonchev–Trinajstić information content (AvgIpc) is 4.07. The quantitative estimate of drug-likeness (QED) is 0.0356. The minimum absolute atomic E-state index is 0.00896. The van der Waals surface area contributed by atoms with Gasteiger partial charge in [0.05, 0.1) is 12.4 Å². The molecule has 0 saturated carbocycles. The highest BCUT2D eigenvalue weighted by Crippen LogP contribution is 2.26. The monoisotopic (exact) mass is 1060 g/mol. The van der Waals surface area contributed by atoms with Crippen LogP contribution in [0.3, 0.4) is 0 Å². The van der Waals surface area contributed by atoms with Crippen LogP contribution < -0.4 is 55.3 Å². The molecule has 1 aliphatic rings. The summed E-state index contributed by atoms with van der Waals surface area (Å²) in [5, 5.41) is 14.5. The molecule has 24 nitrogen and oxygen atoms in total. The van der Waals surface area contributed by atoms with Crippen LogP contribution in [0.2, 0.25) is 0 Å². The fraction of sp³-hybridized carbons (Fsp3) is 0.472. The van der Waals surface area contributed by atoms with Gasteiger partial charge in [0.25, 0.3) is 0 Å². The number of aromatic amines is 2. The Kier molecular flexibility index (Phi) is 23.3. The number of nitrogens with one attached hydrogen (secondary N) is 7. The van der Waals surface area contributed by atoms with Crippen molar-refractivity contribution in [2.75, 3.05) is 13.1 Å². The molecule has 2 aromatic heterocycles. The van der Waals surface area contributed by atoms with E-state index in [1.54, 1.807) is 36.5 Å². The lowest BCUT2D eigenvalue weighted by Gasteiger charge is -2.27. The van der Waals surface area contributed by atoms with Gasteiger partial charge >= 0.3 is 0 Å². The van der Waals surface area contributed by atoms with E-state index < -0.39 is 89.1 Å². The number of H-pyrrole nitrogens is 2. The molecule has 77 heavy (non-hydrogen) atoms. The Morgan fingerprint density at radius 2 is 1.40 bits per heavy atom. The summed E-state index contributed by atoms with van der Waals surface area (Å²) in [5.41, 5.74) is 30.6. The van der Waals surface area contributed by atoms with Crippen LogP contribution in [0, 0.1) is 11.8 Å². The van der Waals surface area contributed by atoms with Crippen LogP contribution in [0.1, 0.15) is 101 Å². The van der Waals surface area contributed by atoms with E-state index in [1.807, 2.05) is 24.3 Å². The minimum Gasteiger partial charge on any atom is -0.370 e. The minimum atomic E-state index is -1.37. The zero-order chi connectivity index (χ0) is 55.9. The second-order valence-corrected chi connectivity index (χ2v) is 19.4. The van der Waals surface area contributed by atoms with Gasteiger partial charge in [0.1, 0.15) is 35.7 Å². The highest BCUT2D eigenvalue weighted by molar-refractivity contribution is 5.98. The average molecular weight is 1060 g/mol. The van der Waals surface area contributed by atoms with E-state index >= 15 is 0 Å². The first-order valence-corrected chi connectivity index (χ1v) is 25.9. The van der Waals surface area contributed by atoms with Crippen molar-refractivity contribution in [1.29, 1.82) is 0 Å². The summed E-state index contributed by atoms with van der Waals surface area (Å²) >= 11 is 0. The summed E-state index contributed by atoms with van der Waals surface area (Å²) in [6.45, 7) is 1.50. The van der Waals surface area contributed by atoms with Gasteiger partial charge in [0.2, 0.25) is 35.4 Å². The van der Waals surface area contributed by atoms with Gasteiger partial charge in [-0.05, 0) is 75.0 Å². The number of aliphatic imine (C=N–C) groups is 2. The van der Waals surface area contributed by atoms with Gasteiger partial charge in [0, 0.05) is 92.9 Å². The number of para-hydroxylation sites is 1. The molecular weight excluding hydrogens is 991 g/mol. The molecule has 0 bridgehead atoms. The fourth-order valence-corrected chi connectivity index (χ4v) is 9.24. The van der Waals surface area contributed by atoms with Gasteiger partial charge in [-0.25, -0.2) is 4.98 Å². The van der Waals surface area contributed by atoms with Crippen molar-refractivity contribution < 1.29 is 43.2 Å². The Balaban J connectivity index is 1.54. The zero-order valence-corrected chi connectivity index (χ0v) is 43.4. The van der Waals surface area contributed by atoms with Crippen LogP contribution >= 0.6 is 0 Å². The standard InChI is InChI=1S/C53H73N15O9/c1-31(69)64-41(18-10-22-61-53(57)58)49(75)66-42-17-7-5-14-37(70)19-20-40(47(54)73)65-48(74)34(24-35-28-62-39-16-8-6-15-38(35)39)26-45(71)33(13-9-21-60-52(55)56)25-46(72)43(23-32-11-3-2-4-12-32)67-51(77)44(68-50(42)76)27-36-29-59-30-63-36/h2-4,6,8,11-12,15-16,28-30,33-34,40-44,62H,5,7,9-10,13-14,17-27H2,1H3,(H2,54,73)(H,59,63)(H,64,69)(H,65,74)(H,66,75)(H,67,77)(H,68,76)(H4,55,56,60)(H4,57,58,61)/t33-,34-,40+,41+,42+,43-,44+/m1/s1. The van der Waals surface area contributed by atoms with E-state index in [2.05, 4.69) is 51.5 Å².